The van der Waals surface area contributed by atoms with Gasteiger partial charge in [-0.1, -0.05) is 18.2 Å². The lowest BCUT2D eigenvalue weighted by Gasteiger charge is -2.17. The molecule has 0 unspecified atom stereocenters. The number of thiazole rings is 1. The second-order valence-electron chi connectivity index (χ2n) is 5.88. The Labute approximate surface area is 150 Å². The van der Waals surface area contributed by atoms with E-state index in [0.717, 1.165) is 30.4 Å². The van der Waals surface area contributed by atoms with Crippen molar-refractivity contribution in [3.63, 3.8) is 0 Å². The van der Waals surface area contributed by atoms with Gasteiger partial charge in [-0.3, -0.25) is 0 Å². The number of nitrogens with one attached hydrogen (secondary N) is 1. The molecule has 0 saturated carbocycles. The van der Waals surface area contributed by atoms with Crippen LogP contribution in [0, 0.1) is 0 Å². The Bertz CT molecular complexity index is 759. The molecule has 2 aromatic rings. The molecule has 0 bridgehead atoms. The van der Waals surface area contributed by atoms with Gasteiger partial charge in [0, 0.05) is 29.7 Å². The Morgan fingerprint density at radius 2 is 2.00 bits per heavy atom. The smallest absolute Gasteiger partial charge is 0.187 e. The highest BCUT2D eigenvalue weighted by Gasteiger charge is 2.12. The molecule has 0 atom stereocenters. The molecule has 3 rings (SSSR count). The molecule has 3 nitrogen and oxygen atoms in total. The van der Waals surface area contributed by atoms with Gasteiger partial charge in [-0.15, -0.1) is 11.3 Å². The molecule has 1 fully saturated rings. The first-order chi connectivity index (χ1) is 12.2. The number of rotatable bonds is 6. The van der Waals surface area contributed by atoms with Gasteiger partial charge < -0.3 is 10.2 Å². The lowest BCUT2D eigenvalue weighted by Crippen LogP contribution is -2.17. The van der Waals surface area contributed by atoms with Crippen LogP contribution in [0.3, 0.4) is 0 Å². The van der Waals surface area contributed by atoms with Crippen LogP contribution in [-0.4, -0.2) is 24.7 Å². The topological polar surface area (TPSA) is 28.2 Å². The third-order valence-corrected chi connectivity index (χ3v) is 4.90. The van der Waals surface area contributed by atoms with Crippen molar-refractivity contribution >= 4 is 22.2 Å². The third-order valence-electron chi connectivity index (χ3n) is 4.14. The van der Waals surface area contributed by atoms with Crippen molar-refractivity contribution in [2.45, 2.75) is 19.8 Å². The summed E-state index contributed by atoms with van der Waals surface area (Å²) in [5.41, 5.74) is 3.23. The second kappa shape index (κ2) is 8.25. The SMILES string of the molecule is C/C=C(F)\C=C(/CF)Nc1nc(-c2ccc(N3CCCC3)cc2)cs1. The fourth-order valence-electron chi connectivity index (χ4n) is 2.78. The van der Waals surface area contributed by atoms with Gasteiger partial charge in [0.05, 0.1) is 11.4 Å². The Morgan fingerprint density at radius 1 is 1.28 bits per heavy atom. The second-order valence-corrected chi connectivity index (χ2v) is 6.74. The minimum atomic E-state index is -0.777. The number of halogens is 2. The van der Waals surface area contributed by atoms with E-state index >= 15 is 0 Å². The van der Waals surface area contributed by atoms with Crippen molar-refractivity contribution in [3.05, 3.63) is 53.3 Å². The van der Waals surface area contributed by atoms with E-state index < -0.39 is 12.5 Å². The quantitative estimate of drug-likeness (QED) is 0.684. The van der Waals surface area contributed by atoms with E-state index in [-0.39, 0.29) is 5.70 Å². The van der Waals surface area contributed by atoms with Crippen molar-refractivity contribution in [2.24, 2.45) is 0 Å². The van der Waals surface area contributed by atoms with Crippen molar-refractivity contribution in [1.29, 1.82) is 0 Å². The van der Waals surface area contributed by atoms with Crippen LogP contribution < -0.4 is 10.2 Å². The van der Waals surface area contributed by atoms with Crippen molar-refractivity contribution in [1.82, 2.24) is 4.98 Å². The maximum atomic E-state index is 13.3. The summed E-state index contributed by atoms with van der Waals surface area (Å²) in [6.45, 7) is 3.02. The molecule has 1 saturated heterocycles. The van der Waals surface area contributed by atoms with Gasteiger partial charge in [-0.05, 0) is 38.0 Å². The van der Waals surface area contributed by atoms with Gasteiger partial charge in [0.1, 0.15) is 12.5 Å². The van der Waals surface area contributed by atoms with Gasteiger partial charge in [0.25, 0.3) is 0 Å². The van der Waals surface area contributed by atoms with E-state index in [1.807, 2.05) is 5.38 Å². The number of anilines is 2. The van der Waals surface area contributed by atoms with E-state index in [1.165, 1.54) is 35.9 Å². The maximum Gasteiger partial charge on any atom is 0.187 e. The summed E-state index contributed by atoms with van der Waals surface area (Å²) in [6, 6.07) is 8.33. The number of alkyl halides is 1. The minimum absolute atomic E-state index is 0.154. The van der Waals surface area contributed by atoms with Crippen LogP contribution in [0.5, 0.6) is 0 Å². The fourth-order valence-corrected chi connectivity index (χ4v) is 3.53. The normalized spacial score (nSPS) is 15.7. The molecule has 1 aliphatic rings. The molecule has 25 heavy (non-hydrogen) atoms. The van der Waals surface area contributed by atoms with Gasteiger partial charge in [-0.25, -0.2) is 13.8 Å². The van der Waals surface area contributed by atoms with Crippen LogP contribution in [0.4, 0.5) is 19.6 Å². The van der Waals surface area contributed by atoms with Crippen LogP contribution in [0.2, 0.25) is 0 Å². The summed E-state index contributed by atoms with van der Waals surface area (Å²) in [5, 5.41) is 5.30. The molecule has 0 spiro atoms. The lowest BCUT2D eigenvalue weighted by atomic mass is 10.1. The van der Waals surface area contributed by atoms with E-state index in [1.54, 1.807) is 6.92 Å². The highest BCUT2D eigenvalue weighted by atomic mass is 32.1. The Hall–Kier alpha value is -2.21. The first-order valence-corrected chi connectivity index (χ1v) is 9.24. The summed E-state index contributed by atoms with van der Waals surface area (Å²) in [6.07, 6.45) is 4.93. The highest BCUT2D eigenvalue weighted by Crippen LogP contribution is 2.28. The summed E-state index contributed by atoms with van der Waals surface area (Å²) >= 11 is 1.37. The van der Waals surface area contributed by atoms with Gasteiger partial charge in [-0.2, -0.15) is 0 Å². The van der Waals surface area contributed by atoms with Gasteiger partial charge in [0.2, 0.25) is 0 Å². The molecule has 2 heterocycles. The molecular formula is C19H21F2N3S. The molecule has 0 radical (unpaired) electrons. The molecule has 1 N–H and O–H groups in total. The van der Waals surface area contributed by atoms with E-state index in [4.69, 9.17) is 0 Å². The largest absolute Gasteiger partial charge is 0.372 e. The van der Waals surface area contributed by atoms with E-state index in [9.17, 15) is 8.78 Å². The van der Waals surface area contributed by atoms with Crippen molar-refractivity contribution in [3.8, 4) is 11.3 Å². The number of aromatic nitrogens is 1. The number of allylic oxidation sites excluding steroid dienone is 4. The minimum Gasteiger partial charge on any atom is -0.372 e. The first kappa shape index (κ1) is 17.6. The Kier molecular flexibility index (Phi) is 5.81. The summed E-state index contributed by atoms with van der Waals surface area (Å²) in [5.74, 6) is -0.477. The molecular weight excluding hydrogens is 340 g/mol. The molecule has 1 aromatic heterocycles. The zero-order chi connectivity index (χ0) is 17.6. The standard InChI is InChI=1S/C19H21F2N3S/c1-2-15(21)11-16(12-20)22-19-23-18(13-25-19)14-5-7-17(8-6-14)24-9-3-4-10-24/h2,5-8,11,13H,3-4,9-10,12H2,1H3,(H,22,23)/b15-2+,16-11+. The summed E-state index contributed by atoms with van der Waals surface area (Å²) in [4.78, 5) is 6.85. The van der Waals surface area contributed by atoms with Gasteiger partial charge in [0.15, 0.2) is 5.13 Å². The van der Waals surface area contributed by atoms with E-state index in [2.05, 4.69) is 39.5 Å². The number of nitrogens with zero attached hydrogens (tertiary/aromatic N) is 2. The highest BCUT2D eigenvalue weighted by molar-refractivity contribution is 7.14. The predicted molar refractivity (Wildman–Crippen MR) is 102 cm³/mol. The molecule has 1 aromatic carbocycles. The average molecular weight is 361 g/mol. The lowest BCUT2D eigenvalue weighted by molar-refractivity contribution is 0.542. The van der Waals surface area contributed by atoms with E-state index in [0.29, 0.717) is 5.13 Å². The van der Waals surface area contributed by atoms with Crippen molar-refractivity contribution in [2.75, 3.05) is 30.0 Å². The molecule has 0 aliphatic carbocycles. The summed E-state index contributed by atoms with van der Waals surface area (Å²) in [7, 11) is 0. The van der Waals surface area contributed by atoms with Crippen LogP contribution >= 0.6 is 11.3 Å². The van der Waals surface area contributed by atoms with Crippen LogP contribution in [-0.2, 0) is 0 Å². The van der Waals surface area contributed by atoms with Gasteiger partial charge >= 0.3 is 0 Å². The number of hydrogen-bond acceptors (Lipinski definition) is 4. The molecule has 6 heteroatoms. The predicted octanol–water partition coefficient (Wildman–Crippen LogP) is 5.55. The fraction of sp³-hybridized carbons (Fsp3) is 0.316. The number of hydrogen-bond donors (Lipinski definition) is 1. The Morgan fingerprint density at radius 3 is 2.64 bits per heavy atom. The van der Waals surface area contributed by atoms with Crippen molar-refractivity contribution < 1.29 is 8.78 Å². The molecule has 0 amide bonds. The third kappa shape index (κ3) is 4.45. The van der Waals surface area contributed by atoms with Crippen LogP contribution in [0.1, 0.15) is 19.8 Å². The molecule has 1 aliphatic heterocycles. The summed E-state index contributed by atoms with van der Waals surface area (Å²) < 4.78 is 26.3. The maximum absolute atomic E-state index is 13.3. The van der Waals surface area contributed by atoms with Crippen LogP contribution in [0.15, 0.2) is 53.3 Å². The monoisotopic (exact) mass is 361 g/mol. The molecule has 132 valence electrons. The zero-order valence-electron chi connectivity index (χ0n) is 14.1. The number of benzene rings is 1. The van der Waals surface area contributed by atoms with Crippen LogP contribution in [0.25, 0.3) is 11.3 Å². The zero-order valence-corrected chi connectivity index (χ0v) is 15.0. The average Bonchev–Trinajstić information content (AvgIpc) is 3.33. The first-order valence-electron chi connectivity index (χ1n) is 8.36. The Balaban J connectivity index is 1.71.